The molecule has 0 atom stereocenters. The Hall–Kier alpha value is -1.46. The van der Waals surface area contributed by atoms with Gasteiger partial charge >= 0.3 is 0 Å². The third-order valence-electron chi connectivity index (χ3n) is 3.33. The Morgan fingerprint density at radius 3 is 2.52 bits per heavy atom. The van der Waals surface area contributed by atoms with E-state index in [1.807, 2.05) is 32.0 Å². The van der Waals surface area contributed by atoms with Crippen molar-refractivity contribution >= 4 is 11.8 Å². The SMILES string of the molecule is Cc1cc(C)nc(Sc2ccc(CNC3CC3)cc2F)n1. The van der Waals surface area contributed by atoms with Gasteiger partial charge in [-0.1, -0.05) is 6.07 Å². The Bertz CT molecular complexity index is 636. The zero-order valence-electron chi connectivity index (χ0n) is 12.2. The molecule has 1 aromatic carbocycles. The number of aryl methyl sites for hydroxylation is 2. The number of nitrogens with one attached hydrogen (secondary N) is 1. The van der Waals surface area contributed by atoms with Crippen LogP contribution in [0.1, 0.15) is 29.8 Å². The van der Waals surface area contributed by atoms with Crippen molar-refractivity contribution in [1.82, 2.24) is 15.3 Å². The summed E-state index contributed by atoms with van der Waals surface area (Å²) in [4.78, 5) is 9.23. The molecule has 1 N–H and O–H groups in total. The summed E-state index contributed by atoms with van der Waals surface area (Å²) in [5.74, 6) is -0.210. The maximum Gasteiger partial charge on any atom is 0.192 e. The van der Waals surface area contributed by atoms with Crippen LogP contribution < -0.4 is 5.32 Å². The highest BCUT2D eigenvalue weighted by molar-refractivity contribution is 7.99. The summed E-state index contributed by atoms with van der Waals surface area (Å²) in [5, 5.41) is 3.98. The van der Waals surface area contributed by atoms with Crippen molar-refractivity contribution < 1.29 is 4.39 Å². The zero-order chi connectivity index (χ0) is 14.8. The molecular weight excluding hydrogens is 285 g/mol. The number of benzene rings is 1. The predicted molar refractivity (Wildman–Crippen MR) is 81.9 cm³/mol. The van der Waals surface area contributed by atoms with Crippen molar-refractivity contribution in [3.8, 4) is 0 Å². The number of aromatic nitrogens is 2. The fourth-order valence-electron chi connectivity index (χ4n) is 2.12. The van der Waals surface area contributed by atoms with E-state index >= 15 is 0 Å². The third kappa shape index (κ3) is 4.02. The standard InChI is InChI=1S/C16H18FN3S/c1-10-7-11(2)20-16(19-10)21-15-6-3-12(8-14(15)17)9-18-13-4-5-13/h3,6-8,13,18H,4-5,9H2,1-2H3. The molecule has 0 unspecified atom stereocenters. The van der Waals surface area contributed by atoms with Crippen molar-refractivity contribution in [2.75, 3.05) is 0 Å². The molecule has 0 radical (unpaired) electrons. The molecule has 21 heavy (non-hydrogen) atoms. The second-order valence-corrected chi connectivity index (χ2v) is 6.46. The van der Waals surface area contributed by atoms with Gasteiger partial charge in [0.15, 0.2) is 5.16 Å². The topological polar surface area (TPSA) is 37.8 Å². The molecule has 1 aliphatic carbocycles. The highest BCUT2D eigenvalue weighted by Crippen LogP contribution is 2.28. The maximum atomic E-state index is 14.2. The number of nitrogens with zero attached hydrogens (tertiary/aromatic N) is 2. The minimum atomic E-state index is -0.210. The minimum Gasteiger partial charge on any atom is -0.310 e. The van der Waals surface area contributed by atoms with E-state index in [-0.39, 0.29) is 5.82 Å². The summed E-state index contributed by atoms with van der Waals surface area (Å²) < 4.78 is 14.2. The minimum absolute atomic E-state index is 0.210. The number of hydrogen-bond donors (Lipinski definition) is 1. The maximum absolute atomic E-state index is 14.2. The first-order valence-corrected chi connectivity index (χ1v) is 7.94. The lowest BCUT2D eigenvalue weighted by Crippen LogP contribution is -2.15. The van der Waals surface area contributed by atoms with Crippen LogP contribution in [0.3, 0.4) is 0 Å². The normalized spacial score (nSPS) is 14.4. The van der Waals surface area contributed by atoms with Crippen molar-refractivity contribution in [3.05, 3.63) is 47.0 Å². The molecule has 1 aromatic heterocycles. The van der Waals surface area contributed by atoms with Crippen LogP contribution in [-0.2, 0) is 6.54 Å². The molecule has 5 heteroatoms. The summed E-state index contributed by atoms with van der Waals surface area (Å²) in [6.07, 6.45) is 2.47. The fraction of sp³-hybridized carbons (Fsp3) is 0.375. The van der Waals surface area contributed by atoms with Gasteiger partial charge in [-0.05, 0) is 62.2 Å². The summed E-state index contributed by atoms with van der Waals surface area (Å²) in [6.45, 7) is 4.57. The van der Waals surface area contributed by atoms with Gasteiger partial charge in [-0.3, -0.25) is 0 Å². The van der Waals surface area contributed by atoms with E-state index in [0.29, 0.717) is 16.1 Å². The van der Waals surface area contributed by atoms with Gasteiger partial charge in [-0.25, -0.2) is 14.4 Å². The third-order valence-corrected chi connectivity index (χ3v) is 4.25. The van der Waals surface area contributed by atoms with Crippen LogP contribution in [0.2, 0.25) is 0 Å². The Morgan fingerprint density at radius 2 is 1.90 bits per heavy atom. The lowest BCUT2D eigenvalue weighted by atomic mass is 10.2. The van der Waals surface area contributed by atoms with Crippen LogP contribution in [-0.4, -0.2) is 16.0 Å². The number of rotatable bonds is 5. The molecule has 0 bridgehead atoms. The second-order valence-electron chi connectivity index (χ2n) is 5.46. The Morgan fingerprint density at radius 1 is 1.19 bits per heavy atom. The molecule has 0 amide bonds. The molecule has 1 fully saturated rings. The summed E-state index contributed by atoms with van der Waals surface area (Å²) >= 11 is 1.27. The summed E-state index contributed by atoms with van der Waals surface area (Å²) in [6, 6.07) is 7.91. The smallest absolute Gasteiger partial charge is 0.192 e. The van der Waals surface area contributed by atoms with E-state index in [4.69, 9.17) is 0 Å². The lowest BCUT2D eigenvalue weighted by molar-refractivity contribution is 0.595. The highest BCUT2D eigenvalue weighted by atomic mass is 32.2. The van der Waals surface area contributed by atoms with Crippen molar-refractivity contribution in [2.24, 2.45) is 0 Å². The van der Waals surface area contributed by atoms with E-state index in [0.717, 1.165) is 23.5 Å². The van der Waals surface area contributed by atoms with Crippen molar-refractivity contribution in [3.63, 3.8) is 0 Å². The molecule has 0 aliphatic heterocycles. The van der Waals surface area contributed by atoms with Crippen molar-refractivity contribution in [1.29, 1.82) is 0 Å². The molecule has 1 heterocycles. The first-order chi connectivity index (χ1) is 10.1. The number of hydrogen-bond acceptors (Lipinski definition) is 4. The van der Waals surface area contributed by atoms with Crippen LogP contribution in [0.25, 0.3) is 0 Å². The molecular formula is C16H18FN3S. The van der Waals surface area contributed by atoms with Gasteiger partial charge in [0, 0.05) is 24.0 Å². The van der Waals surface area contributed by atoms with Gasteiger partial charge in [0.05, 0.1) is 4.90 Å². The molecule has 0 spiro atoms. The first-order valence-electron chi connectivity index (χ1n) is 7.12. The molecule has 110 valence electrons. The van der Waals surface area contributed by atoms with Gasteiger partial charge in [0.1, 0.15) is 5.82 Å². The van der Waals surface area contributed by atoms with Gasteiger partial charge in [-0.15, -0.1) is 0 Å². The van der Waals surface area contributed by atoms with Crippen molar-refractivity contribution in [2.45, 2.75) is 49.3 Å². The zero-order valence-corrected chi connectivity index (χ0v) is 13.0. The molecule has 2 aromatic rings. The Kier molecular flexibility index (Phi) is 4.22. The fourth-order valence-corrected chi connectivity index (χ4v) is 2.99. The average molecular weight is 303 g/mol. The van der Waals surface area contributed by atoms with E-state index in [9.17, 15) is 4.39 Å². The molecule has 3 nitrogen and oxygen atoms in total. The second kappa shape index (κ2) is 6.12. The van der Waals surface area contributed by atoms with E-state index in [1.165, 1.54) is 24.6 Å². The molecule has 3 rings (SSSR count). The quantitative estimate of drug-likeness (QED) is 0.856. The van der Waals surface area contributed by atoms with Crippen LogP contribution in [0.4, 0.5) is 4.39 Å². The van der Waals surface area contributed by atoms with Gasteiger partial charge < -0.3 is 5.32 Å². The molecule has 1 saturated carbocycles. The lowest BCUT2D eigenvalue weighted by Gasteiger charge is -2.07. The van der Waals surface area contributed by atoms with Crippen LogP contribution in [0.5, 0.6) is 0 Å². The van der Waals surface area contributed by atoms with Crippen LogP contribution in [0, 0.1) is 19.7 Å². The van der Waals surface area contributed by atoms with Gasteiger partial charge in [0.25, 0.3) is 0 Å². The summed E-state index contributed by atoms with van der Waals surface area (Å²) in [5.41, 5.74) is 2.77. The summed E-state index contributed by atoms with van der Waals surface area (Å²) in [7, 11) is 0. The Balaban J connectivity index is 1.72. The molecule has 0 saturated heterocycles. The monoisotopic (exact) mass is 303 g/mol. The van der Waals surface area contributed by atoms with E-state index in [2.05, 4.69) is 15.3 Å². The van der Waals surface area contributed by atoms with Gasteiger partial charge in [-0.2, -0.15) is 0 Å². The van der Waals surface area contributed by atoms with Crippen LogP contribution in [0.15, 0.2) is 34.3 Å². The van der Waals surface area contributed by atoms with E-state index < -0.39 is 0 Å². The first kappa shape index (κ1) is 14.5. The molecule has 1 aliphatic rings. The average Bonchev–Trinajstić information content (AvgIpc) is 3.22. The predicted octanol–water partition coefficient (Wildman–Crippen LogP) is 3.64. The largest absolute Gasteiger partial charge is 0.310 e. The number of halogens is 1. The highest BCUT2D eigenvalue weighted by Gasteiger charge is 2.20. The van der Waals surface area contributed by atoms with E-state index in [1.54, 1.807) is 6.07 Å². The van der Waals surface area contributed by atoms with Gasteiger partial charge in [0.2, 0.25) is 0 Å². The Labute approximate surface area is 128 Å². The van der Waals surface area contributed by atoms with Crippen LogP contribution >= 0.6 is 11.8 Å².